The molecular formula is C12H15NS. The number of rotatable bonds is 2. The number of benzene rings is 1. The van der Waals surface area contributed by atoms with Crippen molar-refractivity contribution in [2.75, 3.05) is 11.5 Å². The molecule has 0 saturated carbocycles. The first-order chi connectivity index (χ1) is 6.95. The monoisotopic (exact) mass is 205 g/mol. The van der Waals surface area contributed by atoms with Crippen LogP contribution < -0.4 is 0 Å². The number of hydrogen-bond donors (Lipinski definition) is 0. The minimum Gasteiger partial charge on any atom is -0.289 e. The van der Waals surface area contributed by atoms with E-state index >= 15 is 0 Å². The Hall–Kier alpha value is -0.760. The van der Waals surface area contributed by atoms with Crippen LogP contribution in [0.3, 0.4) is 0 Å². The highest BCUT2D eigenvalue weighted by molar-refractivity contribution is 7.99. The van der Waals surface area contributed by atoms with Crippen LogP contribution in [0.1, 0.15) is 18.4 Å². The molecule has 1 aromatic carbocycles. The van der Waals surface area contributed by atoms with Gasteiger partial charge < -0.3 is 0 Å². The molecule has 1 aliphatic rings. The maximum atomic E-state index is 4.66. The lowest BCUT2D eigenvalue weighted by molar-refractivity contribution is 1.01. The third kappa shape index (κ3) is 2.88. The lowest BCUT2D eigenvalue weighted by Crippen LogP contribution is -2.08. The fraction of sp³-hybridized carbons (Fsp3) is 0.417. The van der Waals surface area contributed by atoms with E-state index in [-0.39, 0.29) is 0 Å². The third-order valence-corrected chi connectivity index (χ3v) is 3.38. The summed E-state index contributed by atoms with van der Waals surface area (Å²) in [6, 6.07) is 10.5. The second kappa shape index (κ2) is 5.20. The maximum absolute atomic E-state index is 4.66. The van der Waals surface area contributed by atoms with Crippen LogP contribution in [0.15, 0.2) is 35.3 Å². The Balaban J connectivity index is 1.92. The first-order valence-corrected chi connectivity index (χ1v) is 6.24. The third-order valence-electron chi connectivity index (χ3n) is 2.40. The highest BCUT2D eigenvalue weighted by Gasteiger charge is 2.05. The van der Waals surface area contributed by atoms with Crippen LogP contribution in [-0.2, 0) is 6.54 Å². The van der Waals surface area contributed by atoms with Gasteiger partial charge in [0.1, 0.15) is 0 Å². The van der Waals surface area contributed by atoms with Crippen LogP contribution in [0.5, 0.6) is 0 Å². The first kappa shape index (κ1) is 9.78. The van der Waals surface area contributed by atoms with Gasteiger partial charge in [-0.15, -0.1) is 0 Å². The van der Waals surface area contributed by atoms with Crippen LogP contribution >= 0.6 is 11.8 Å². The smallest absolute Gasteiger partial charge is 0.0639 e. The average Bonchev–Trinajstić information content (AvgIpc) is 2.29. The largest absolute Gasteiger partial charge is 0.289 e. The molecule has 1 saturated heterocycles. The molecule has 1 nitrogen and oxygen atoms in total. The molecule has 1 aliphatic heterocycles. The highest BCUT2D eigenvalue weighted by atomic mass is 32.2. The molecule has 0 aliphatic carbocycles. The Morgan fingerprint density at radius 1 is 1.07 bits per heavy atom. The molecule has 0 N–H and O–H groups in total. The second-order valence-electron chi connectivity index (χ2n) is 3.48. The summed E-state index contributed by atoms with van der Waals surface area (Å²) >= 11 is 2.04. The number of thioether (sulfide) groups is 1. The molecule has 1 fully saturated rings. The molecule has 0 bridgehead atoms. The van der Waals surface area contributed by atoms with Crippen molar-refractivity contribution in [3.8, 4) is 0 Å². The van der Waals surface area contributed by atoms with Gasteiger partial charge in [-0.25, -0.2) is 0 Å². The van der Waals surface area contributed by atoms with E-state index in [1.54, 1.807) is 0 Å². The van der Waals surface area contributed by atoms with E-state index in [4.69, 9.17) is 0 Å². The molecule has 14 heavy (non-hydrogen) atoms. The Morgan fingerprint density at radius 3 is 2.50 bits per heavy atom. The summed E-state index contributed by atoms with van der Waals surface area (Å²) in [5.41, 5.74) is 2.73. The Bertz CT molecular complexity index is 297. The molecule has 0 spiro atoms. The van der Waals surface area contributed by atoms with Gasteiger partial charge in [0.2, 0.25) is 0 Å². The van der Waals surface area contributed by atoms with Crippen LogP contribution in [0.25, 0.3) is 0 Å². The molecule has 74 valence electrons. The molecule has 0 aromatic heterocycles. The van der Waals surface area contributed by atoms with Crippen molar-refractivity contribution in [1.82, 2.24) is 0 Å². The van der Waals surface area contributed by atoms with Gasteiger partial charge in [-0.05, 0) is 29.9 Å². The topological polar surface area (TPSA) is 12.4 Å². The molecule has 0 unspecified atom stereocenters. The summed E-state index contributed by atoms with van der Waals surface area (Å²) in [5, 5.41) is 0. The number of nitrogens with zero attached hydrogens (tertiary/aromatic N) is 1. The summed E-state index contributed by atoms with van der Waals surface area (Å²) in [7, 11) is 0. The van der Waals surface area contributed by atoms with Gasteiger partial charge in [-0.1, -0.05) is 30.3 Å². The zero-order valence-electron chi connectivity index (χ0n) is 8.28. The Kier molecular flexibility index (Phi) is 3.64. The fourth-order valence-electron chi connectivity index (χ4n) is 1.55. The predicted octanol–water partition coefficient (Wildman–Crippen LogP) is 3.15. The standard InChI is InChI=1S/C12H15NS/c1-2-4-11(5-3-1)10-13-12-6-8-14-9-7-12/h1-5H,6-10H2. The Morgan fingerprint density at radius 2 is 1.79 bits per heavy atom. The second-order valence-corrected chi connectivity index (χ2v) is 4.71. The van der Waals surface area contributed by atoms with Crippen molar-refractivity contribution in [3.05, 3.63) is 35.9 Å². The zero-order valence-corrected chi connectivity index (χ0v) is 9.09. The van der Waals surface area contributed by atoms with Crippen molar-refractivity contribution >= 4 is 17.5 Å². The first-order valence-electron chi connectivity index (χ1n) is 5.09. The minimum atomic E-state index is 0.862. The molecular weight excluding hydrogens is 190 g/mol. The van der Waals surface area contributed by atoms with Crippen LogP contribution in [0.2, 0.25) is 0 Å². The highest BCUT2D eigenvalue weighted by Crippen LogP contribution is 2.15. The number of hydrogen-bond acceptors (Lipinski definition) is 2. The van der Waals surface area contributed by atoms with E-state index in [9.17, 15) is 0 Å². The zero-order chi connectivity index (χ0) is 9.64. The van der Waals surface area contributed by atoms with E-state index < -0.39 is 0 Å². The molecule has 2 heteroatoms. The van der Waals surface area contributed by atoms with Gasteiger partial charge in [-0.3, -0.25) is 4.99 Å². The summed E-state index contributed by atoms with van der Waals surface area (Å²) in [4.78, 5) is 4.66. The maximum Gasteiger partial charge on any atom is 0.0639 e. The number of aliphatic imine (C=N–C) groups is 1. The quantitative estimate of drug-likeness (QED) is 0.722. The molecule has 0 amide bonds. The van der Waals surface area contributed by atoms with Crippen molar-refractivity contribution in [1.29, 1.82) is 0 Å². The molecule has 1 heterocycles. The van der Waals surface area contributed by atoms with Crippen molar-refractivity contribution in [2.45, 2.75) is 19.4 Å². The lowest BCUT2D eigenvalue weighted by atomic mass is 10.2. The van der Waals surface area contributed by atoms with Crippen molar-refractivity contribution in [2.24, 2.45) is 4.99 Å². The fourth-order valence-corrected chi connectivity index (χ4v) is 2.52. The Labute approximate surface area is 89.6 Å². The van der Waals surface area contributed by atoms with Crippen LogP contribution in [-0.4, -0.2) is 17.2 Å². The lowest BCUT2D eigenvalue weighted by Gasteiger charge is -2.11. The average molecular weight is 205 g/mol. The van der Waals surface area contributed by atoms with Gasteiger partial charge in [0.05, 0.1) is 6.54 Å². The van der Waals surface area contributed by atoms with Gasteiger partial charge in [-0.2, -0.15) is 11.8 Å². The molecule has 1 aromatic rings. The van der Waals surface area contributed by atoms with E-state index in [1.165, 1.54) is 35.6 Å². The summed E-state index contributed by atoms with van der Waals surface area (Å²) in [6.45, 7) is 0.862. The van der Waals surface area contributed by atoms with Crippen LogP contribution in [0.4, 0.5) is 0 Å². The van der Waals surface area contributed by atoms with Crippen molar-refractivity contribution < 1.29 is 0 Å². The summed E-state index contributed by atoms with van der Waals surface area (Å²) in [6.07, 6.45) is 2.38. The van der Waals surface area contributed by atoms with E-state index in [1.807, 2.05) is 17.8 Å². The van der Waals surface area contributed by atoms with E-state index in [0.717, 1.165) is 6.54 Å². The van der Waals surface area contributed by atoms with Crippen LogP contribution in [0, 0.1) is 0 Å². The normalized spacial score (nSPS) is 16.7. The van der Waals surface area contributed by atoms with E-state index in [0.29, 0.717) is 0 Å². The molecule has 0 radical (unpaired) electrons. The van der Waals surface area contributed by atoms with Gasteiger partial charge in [0.25, 0.3) is 0 Å². The van der Waals surface area contributed by atoms with Crippen molar-refractivity contribution in [3.63, 3.8) is 0 Å². The van der Waals surface area contributed by atoms with Gasteiger partial charge in [0.15, 0.2) is 0 Å². The summed E-state index contributed by atoms with van der Waals surface area (Å²) in [5.74, 6) is 2.52. The van der Waals surface area contributed by atoms with E-state index in [2.05, 4.69) is 29.3 Å². The SMILES string of the molecule is c1ccc(CN=C2CCSCC2)cc1. The van der Waals surface area contributed by atoms with Gasteiger partial charge in [0, 0.05) is 5.71 Å². The van der Waals surface area contributed by atoms with Gasteiger partial charge >= 0.3 is 0 Å². The predicted molar refractivity (Wildman–Crippen MR) is 64.1 cm³/mol. The summed E-state index contributed by atoms with van der Waals surface area (Å²) < 4.78 is 0. The minimum absolute atomic E-state index is 0.862. The molecule has 0 atom stereocenters. The molecule has 2 rings (SSSR count).